The predicted octanol–water partition coefficient (Wildman–Crippen LogP) is 5.72. The quantitative estimate of drug-likeness (QED) is 0.0980. The van der Waals surface area contributed by atoms with Gasteiger partial charge >= 0.3 is 5.97 Å². The lowest BCUT2D eigenvalue weighted by molar-refractivity contribution is -0.145. The van der Waals surface area contributed by atoms with Crippen LogP contribution in [0.2, 0.25) is 0 Å². The van der Waals surface area contributed by atoms with Crippen LogP contribution in [-0.4, -0.2) is 78.6 Å². The van der Waals surface area contributed by atoms with Crippen molar-refractivity contribution >= 4 is 5.97 Å². The molecule has 34 heavy (non-hydrogen) atoms. The van der Waals surface area contributed by atoms with Gasteiger partial charge in [0, 0.05) is 13.0 Å². The Labute approximate surface area is 209 Å². The summed E-state index contributed by atoms with van der Waals surface area (Å²) < 4.78 is 32.5. The maximum absolute atomic E-state index is 11.6. The molecule has 0 heterocycles. The van der Waals surface area contributed by atoms with E-state index in [0.717, 1.165) is 25.9 Å². The van der Waals surface area contributed by atoms with E-state index in [1.165, 1.54) is 57.8 Å². The number of ether oxygens (including phenoxy) is 6. The van der Waals surface area contributed by atoms with Crippen LogP contribution in [0.4, 0.5) is 0 Å². The molecule has 0 saturated heterocycles. The molecular formula is C27H54O7. The average molecular weight is 491 g/mol. The van der Waals surface area contributed by atoms with Crippen molar-refractivity contribution in [3.8, 4) is 0 Å². The second-order valence-electron chi connectivity index (χ2n) is 8.57. The number of hydrogen-bond acceptors (Lipinski definition) is 7. The normalized spacial score (nSPS) is 11.2. The van der Waals surface area contributed by atoms with E-state index in [2.05, 4.69) is 13.8 Å². The first kappa shape index (κ1) is 33.3. The third-order valence-corrected chi connectivity index (χ3v) is 5.36. The summed E-state index contributed by atoms with van der Waals surface area (Å²) in [4.78, 5) is 11.6. The molecule has 204 valence electrons. The Balaban J connectivity index is 3.09. The molecule has 0 atom stereocenters. The van der Waals surface area contributed by atoms with E-state index in [1.807, 2.05) is 0 Å². The molecule has 0 aliphatic carbocycles. The fourth-order valence-corrected chi connectivity index (χ4v) is 3.30. The van der Waals surface area contributed by atoms with Gasteiger partial charge in [0.25, 0.3) is 0 Å². The van der Waals surface area contributed by atoms with E-state index in [4.69, 9.17) is 28.4 Å². The topological polar surface area (TPSA) is 72.5 Å². The molecule has 0 aromatic heterocycles. The molecule has 7 nitrogen and oxygen atoms in total. The Hall–Kier alpha value is -0.730. The second-order valence-corrected chi connectivity index (χ2v) is 8.57. The molecule has 0 amide bonds. The van der Waals surface area contributed by atoms with Crippen LogP contribution in [0.5, 0.6) is 0 Å². The summed E-state index contributed by atoms with van der Waals surface area (Å²) in [6.07, 6.45) is 15.2. The second kappa shape index (κ2) is 30.3. The first-order valence-electron chi connectivity index (χ1n) is 13.9. The largest absolute Gasteiger partial charge is 0.463 e. The minimum atomic E-state index is -0.128. The average Bonchev–Trinajstić information content (AvgIpc) is 2.84. The van der Waals surface area contributed by atoms with Gasteiger partial charge in [-0.2, -0.15) is 0 Å². The van der Waals surface area contributed by atoms with Crippen LogP contribution in [0.3, 0.4) is 0 Å². The van der Waals surface area contributed by atoms with Crippen LogP contribution < -0.4 is 0 Å². The van der Waals surface area contributed by atoms with Crippen molar-refractivity contribution in [1.82, 2.24) is 0 Å². The van der Waals surface area contributed by atoms with E-state index in [-0.39, 0.29) is 5.97 Å². The molecule has 0 aliphatic heterocycles. The van der Waals surface area contributed by atoms with Crippen LogP contribution in [0.25, 0.3) is 0 Å². The minimum absolute atomic E-state index is 0.128. The summed E-state index contributed by atoms with van der Waals surface area (Å²) in [7, 11) is 0. The van der Waals surface area contributed by atoms with E-state index in [9.17, 15) is 4.79 Å². The molecule has 0 aliphatic rings. The fourth-order valence-electron chi connectivity index (χ4n) is 3.30. The van der Waals surface area contributed by atoms with E-state index < -0.39 is 0 Å². The lowest BCUT2D eigenvalue weighted by atomic mass is 10.1. The van der Waals surface area contributed by atoms with Crippen molar-refractivity contribution < 1.29 is 33.2 Å². The van der Waals surface area contributed by atoms with Gasteiger partial charge in [0.1, 0.15) is 6.61 Å². The molecule has 0 spiro atoms. The molecule has 0 saturated carbocycles. The van der Waals surface area contributed by atoms with Gasteiger partial charge in [-0.3, -0.25) is 4.79 Å². The molecule has 0 aromatic carbocycles. The van der Waals surface area contributed by atoms with Crippen LogP contribution in [0.15, 0.2) is 0 Å². The monoisotopic (exact) mass is 490 g/mol. The van der Waals surface area contributed by atoms with Crippen LogP contribution >= 0.6 is 0 Å². The molecular weight excluding hydrogens is 436 g/mol. The summed E-state index contributed by atoms with van der Waals surface area (Å²) in [5.41, 5.74) is 0. The third kappa shape index (κ3) is 29.3. The van der Waals surface area contributed by atoms with Crippen molar-refractivity contribution in [2.75, 3.05) is 72.7 Å². The summed E-state index contributed by atoms with van der Waals surface area (Å²) in [6, 6.07) is 0. The molecule has 0 fully saturated rings. The van der Waals surface area contributed by atoms with Gasteiger partial charge in [-0.05, 0) is 12.8 Å². The number of hydrogen-bond donors (Lipinski definition) is 0. The number of carbonyl (C=O) groups is 1. The van der Waals surface area contributed by atoms with Gasteiger partial charge in [-0.15, -0.1) is 0 Å². The highest BCUT2D eigenvalue weighted by Gasteiger charge is 2.02. The van der Waals surface area contributed by atoms with Gasteiger partial charge in [-0.1, -0.05) is 78.1 Å². The number of unbranched alkanes of at least 4 members (excludes halogenated alkanes) is 10. The standard InChI is InChI=1S/C27H54O7/c1-3-5-7-9-11-13-15-27(28)34-26-25-33-24-23-32-22-21-31-20-19-30-18-17-29-16-14-12-10-8-6-4-2/h3-26H2,1-2H3. The lowest BCUT2D eigenvalue weighted by Crippen LogP contribution is -2.15. The van der Waals surface area contributed by atoms with Crippen molar-refractivity contribution in [3.05, 3.63) is 0 Å². The number of esters is 1. The Morgan fingerprint density at radius 1 is 0.412 bits per heavy atom. The Morgan fingerprint density at radius 3 is 1.24 bits per heavy atom. The zero-order valence-electron chi connectivity index (χ0n) is 22.3. The van der Waals surface area contributed by atoms with E-state index in [1.54, 1.807) is 0 Å². The van der Waals surface area contributed by atoms with Crippen molar-refractivity contribution in [2.24, 2.45) is 0 Å². The summed E-state index contributed by atoms with van der Waals surface area (Å²) in [6.45, 7) is 10.4. The van der Waals surface area contributed by atoms with E-state index in [0.29, 0.717) is 72.5 Å². The third-order valence-electron chi connectivity index (χ3n) is 5.36. The van der Waals surface area contributed by atoms with Crippen LogP contribution in [-0.2, 0) is 33.2 Å². The zero-order chi connectivity index (χ0) is 24.8. The van der Waals surface area contributed by atoms with Crippen LogP contribution in [0, 0.1) is 0 Å². The van der Waals surface area contributed by atoms with Gasteiger partial charge < -0.3 is 28.4 Å². The van der Waals surface area contributed by atoms with Crippen molar-refractivity contribution in [3.63, 3.8) is 0 Å². The highest BCUT2D eigenvalue weighted by Crippen LogP contribution is 2.07. The molecule has 0 bridgehead atoms. The van der Waals surface area contributed by atoms with Crippen LogP contribution in [0.1, 0.15) is 97.3 Å². The smallest absolute Gasteiger partial charge is 0.305 e. The number of rotatable bonds is 29. The summed E-state index contributed by atoms with van der Waals surface area (Å²) in [5.74, 6) is -0.128. The summed E-state index contributed by atoms with van der Waals surface area (Å²) >= 11 is 0. The predicted molar refractivity (Wildman–Crippen MR) is 136 cm³/mol. The van der Waals surface area contributed by atoms with Gasteiger partial charge in [0.2, 0.25) is 0 Å². The maximum Gasteiger partial charge on any atom is 0.305 e. The SMILES string of the molecule is CCCCCCCCOCCOCCOCCOCCOCCOC(=O)CCCCCCCC. The Kier molecular flexibility index (Phi) is 29.7. The van der Waals surface area contributed by atoms with E-state index >= 15 is 0 Å². The zero-order valence-corrected chi connectivity index (χ0v) is 22.3. The fraction of sp³-hybridized carbons (Fsp3) is 0.963. The maximum atomic E-state index is 11.6. The molecule has 0 rings (SSSR count). The van der Waals surface area contributed by atoms with Gasteiger partial charge in [0.15, 0.2) is 0 Å². The first-order valence-corrected chi connectivity index (χ1v) is 13.9. The van der Waals surface area contributed by atoms with Gasteiger partial charge in [0.05, 0.1) is 59.5 Å². The molecule has 0 unspecified atom stereocenters. The van der Waals surface area contributed by atoms with Crippen molar-refractivity contribution in [1.29, 1.82) is 0 Å². The lowest BCUT2D eigenvalue weighted by Gasteiger charge is -2.08. The van der Waals surface area contributed by atoms with Gasteiger partial charge in [-0.25, -0.2) is 0 Å². The Bertz CT molecular complexity index is 393. The molecule has 7 heteroatoms. The first-order chi connectivity index (χ1) is 16.8. The molecule has 0 aromatic rings. The summed E-state index contributed by atoms with van der Waals surface area (Å²) in [5, 5.41) is 0. The molecule has 0 N–H and O–H groups in total. The highest BCUT2D eigenvalue weighted by molar-refractivity contribution is 5.69. The number of carbonyl (C=O) groups excluding carboxylic acids is 1. The highest BCUT2D eigenvalue weighted by atomic mass is 16.6. The minimum Gasteiger partial charge on any atom is -0.463 e. The van der Waals surface area contributed by atoms with Crippen molar-refractivity contribution in [2.45, 2.75) is 97.3 Å². The molecule has 0 radical (unpaired) electrons. The Morgan fingerprint density at radius 2 is 0.765 bits per heavy atom.